The number of benzene rings is 1. The van der Waals surface area contributed by atoms with Crippen LogP contribution in [0.3, 0.4) is 0 Å². The molecule has 0 amide bonds. The highest BCUT2D eigenvalue weighted by Gasteiger charge is 2.24. The molecule has 174 valence electrons. The summed E-state index contributed by atoms with van der Waals surface area (Å²) in [6.45, 7) is 6.75. The van der Waals surface area contributed by atoms with Crippen LogP contribution in [-0.4, -0.2) is 49.0 Å². The van der Waals surface area contributed by atoms with Crippen molar-refractivity contribution in [1.29, 1.82) is 0 Å². The van der Waals surface area contributed by atoms with Gasteiger partial charge in [-0.15, -0.1) is 0 Å². The predicted octanol–water partition coefficient (Wildman–Crippen LogP) is 5.20. The standard InChI is InChI=1S/C25H35N3O4/c1-4-12-28(21-10-13-32-14-11-21)23-8-6-19(18(5-2)16-25(29)30)15-22(23)27-20-7-9-24(31-3)26-17-20/h6-9,15,17-18,21,27H,4-5,10-14,16H2,1-3H3,(H,29,30)/t18-/m1/s1. The largest absolute Gasteiger partial charge is 0.481 e. The van der Waals surface area contributed by atoms with E-state index in [9.17, 15) is 9.90 Å². The van der Waals surface area contributed by atoms with E-state index in [1.807, 2.05) is 19.1 Å². The van der Waals surface area contributed by atoms with E-state index < -0.39 is 5.97 Å². The zero-order valence-electron chi connectivity index (χ0n) is 19.3. The van der Waals surface area contributed by atoms with E-state index in [0.29, 0.717) is 11.9 Å². The molecule has 2 aromatic rings. The third kappa shape index (κ3) is 6.13. The summed E-state index contributed by atoms with van der Waals surface area (Å²) in [7, 11) is 1.60. The predicted molar refractivity (Wildman–Crippen MR) is 127 cm³/mol. The molecule has 2 N–H and O–H groups in total. The van der Waals surface area contributed by atoms with Crippen LogP contribution >= 0.6 is 0 Å². The van der Waals surface area contributed by atoms with E-state index in [-0.39, 0.29) is 12.3 Å². The highest BCUT2D eigenvalue weighted by molar-refractivity contribution is 5.77. The Bertz CT molecular complexity index is 866. The highest BCUT2D eigenvalue weighted by atomic mass is 16.5. The Morgan fingerprint density at radius 2 is 2.06 bits per heavy atom. The Labute approximate surface area is 190 Å². The van der Waals surface area contributed by atoms with E-state index in [2.05, 4.69) is 40.3 Å². The lowest BCUT2D eigenvalue weighted by Gasteiger charge is -2.37. The van der Waals surface area contributed by atoms with Crippen molar-refractivity contribution in [2.45, 2.75) is 57.9 Å². The Hall–Kier alpha value is -2.80. The number of carboxylic acid groups (broad SMARTS) is 1. The van der Waals surface area contributed by atoms with Gasteiger partial charge in [0.05, 0.1) is 36.8 Å². The van der Waals surface area contributed by atoms with Gasteiger partial charge in [-0.05, 0) is 55.4 Å². The highest BCUT2D eigenvalue weighted by Crippen LogP contribution is 2.36. The van der Waals surface area contributed by atoms with E-state index in [1.165, 1.54) is 0 Å². The van der Waals surface area contributed by atoms with E-state index in [1.54, 1.807) is 13.3 Å². The molecule has 1 aromatic carbocycles. The first kappa shape index (κ1) is 23.9. The maximum absolute atomic E-state index is 11.4. The lowest BCUT2D eigenvalue weighted by atomic mass is 9.92. The smallest absolute Gasteiger partial charge is 0.303 e. The number of pyridine rings is 1. The first-order chi connectivity index (χ1) is 15.5. The SMILES string of the molecule is CCCN(c1ccc([C@H](CC)CC(=O)O)cc1Nc1ccc(OC)nc1)C1CCOCC1. The maximum Gasteiger partial charge on any atom is 0.303 e. The van der Waals surface area contributed by atoms with Crippen molar-refractivity contribution in [2.24, 2.45) is 0 Å². The summed E-state index contributed by atoms with van der Waals surface area (Å²) < 4.78 is 10.8. The van der Waals surface area contributed by atoms with Crippen molar-refractivity contribution in [3.05, 3.63) is 42.1 Å². The molecule has 0 unspecified atom stereocenters. The Morgan fingerprint density at radius 3 is 2.66 bits per heavy atom. The number of nitrogens with zero attached hydrogens (tertiary/aromatic N) is 2. The van der Waals surface area contributed by atoms with Crippen LogP contribution in [0.15, 0.2) is 36.5 Å². The first-order valence-corrected chi connectivity index (χ1v) is 11.5. The summed E-state index contributed by atoms with van der Waals surface area (Å²) in [6.07, 6.45) is 5.69. The minimum absolute atomic E-state index is 0.0289. The van der Waals surface area contributed by atoms with Gasteiger partial charge >= 0.3 is 5.97 Å². The number of aromatic nitrogens is 1. The fourth-order valence-corrected chi connectivity index (χ4v) is 4.33. The molecule has 3 rings (SSSR count). The summed E-state index contributed by atoms with van der Waals surface area (Å²) in [5.41, 5.74) is 3.99. The second-order valence-electron chi connectivity index (χ2n) is 8.23. The molecule has 7 nitrogen and oxygen atoms in total. The molecule has 0 bridgehead atoms. The Kier molecular flexibility index (Phi) is 8.73. The lowest BCUT2D eigenvalue weighted by Crippen LogP contribution is -2.40. The van der Waals surface area contributed by atoms with Crippen LogP contribution in [0.1, 0.15) is 57.4 Å². The van der Waals surface area contributed by atoms with Gasteiger partial charge in [0.2, 0.25) is 5.88 Å². The van der Waals surface area contributed by atoms with Gasteiger partial charge in [-0.3, -0.25) is 4.79 Å². The van der Waals surface area contributed by atoms with Crippen LogP contribution in [0.25, 0.3) is 0 Å². The molecule has 1 aromatic heterocycles. The van der Waals surface area contributed by atoms with Gasteiger partial charge in [0.25, 0.3) is 0 Å². The second kappa shape index (κ2) is 11.7. The molecular formula is C25H35N3O4. The topological polar surface area (TPSA) is 83.9 Å². The number of carbonyl (C=O) groups is 1. The molecule has 0 saturated carbocycles. The van der Waals surface area contributed by atoms with E-state index >= 15 is 0 Å². The molecule has 0 aliphatic carbocycles. The number of carboxylic acids is 1. The number of aliphatic carboxylic acids is 1. The lowest BCUT2D eigenvalue weighted by molar-refractivity contribution is -0.137. The summed E-state index contributed by atoms with van der Waals surface area (Å²) >= 11 is 0. The van der Waals surface area contributed by atoms with Gasteiger partial charge in [0, 0.05) is 31.9 Å². The van der Waals surface area contributed by atoms with Crippen LogP contribution in [0.2, 0.25) is 0 Å². The molecule has 1 aliphatic rings. The first-order valence-electron chi connectivity index (χ1n) is 11.5. The zero-order valence-corrected chi connectivity index (χ0v) is 19.3. The molecular weight excluding hydrogens is 406 g/mol. The number of rotatable bonds is 11. The van der Waals surface area contributed by atoms with E-state index in [0.717, 1.165) is 68.1 Å². The summed E-state index contributed by atoms with van der Waals surface area (Å²) in [4.78, 5) is 18.2. The normalized spacial score (nSPS) is 15.2. The summed E-state index contributed by atoms with van der Waals surface area (Å²) in [5.74, 6) is -0.241. The van der Waals surface area contributed by atoms with Crippen molar-refractivity contribution in [1.82, 2.24) is 4.98 Å². The molecule has 1 fully saturated rings. The zero-order chi connectivity index (χ0) is 22.9. The fourth-order valence-electron chi connectivity index (χ4n) is 4.33. The average molecular weight is 442 g/mol. The Morgan fingerprint density at radius 1 is 1.28 bits per heavy atom. The van der Waals surface area contributed by atoms with Crippen molar-refractivity contribution < 1.29 is 19.4 Å². The third-order valence-corrected chi connectivity index (χ3v) is 6.04. The number of anilines is 3. The van der Waals surface area contributed by atoms with E-state index in [4.69, 9.17) is 9.47 Å². The van der Waals surface area contributed by atoms with Crippen LogP contribution in [0, 0.1) is 0 Å². The van der Waals surface area contributed by atoms with Gasteiger partial charge in [-0.1, -0.05) is 19.9 Å². The molecule has 32 heavy (non-hydrogen) atoms. The summed E-state index contributed by atoms with van der Waals surface area (Å²) in [6, 6.07) is 10.5. The van der Waals surface area contributed by atoms with Crippen molar-refractivity contribution in [3.63, 3.8) is 0 Å². The van der Waals surface area contributed by atoms with Gasteiger partial charge in [-0.25, -0.2) is 4.98 Å². The minimum Gasteiger partial charge on any atom is -0.481 e. The van der Waals surface area contributed by atoms with Crippen LogP contribution < -0.4 is 15.0 Å². The minimum atomic E-state index is -0.774. The fraction of sp³-hybridized carbons (Fsp3) is 0.520. The quantitative estimate of drug-likeness (QED) is 0.496. The van der Waals surface area contributed by atoms with Crippen LogP contribution in [-0.2, 0) is 9.53 Å². The summed E-state index contributed by atoms with van der Waals surface area (Å²) in [5, 5.41) is 12.9. The molecule has 2 heterocycles. The maximum atomic E-state index is 11.4. The third-order valence-electron chi connectivity index (χ3n) is 6.04. The van der Waals surface area contributed by atoms with Gasteiger partial charge in [0.1, 0.15) is 0 Å². The van der Waals surface area contributed by atoms with Crippen molar-refractivity contribution in [2.75, 3.05) is 37.1 Å². The number of ether oxygens (including phenoxy) is 2. The number of nitrogens with one attached hydrogen (secondary N) is 1. The van der Waals surface area contributed by atoms with Crippen molar-refractivity contribution >= 4 is 23.0 Å². The number of hydrogen-bond acceptors (Lipinski definition) is 6. The molecule has 1 aliphatic heterocycles. The monoisotopic (exact) mass is 441 g/mol. The molecule has 1 saturated heterocycles. The van der Waals surface area contributed by atoms with Crippen LogP contribution in [0.5, 0.6) is 5.88 Å². The van der Waals surface area contributed by atoms with Crippen molar-refractivity contribution in [3.8, 4) is 5.88 Å². The van der Waals surface area contributed by atoms with Gasteiger partial charge in [0.15, 0.2) is 0 Å². The molecule has 7 heteroatoms. The molecule has 0 radical (unpaired) electrons. The number of hydrogen-bond donors (Lipinski definition) is 2. The average Bonchev–Trinajstić information content (AvgIpc) is 2.82. The van der Waals surface area contributed by atoms with Gasteiger partial charge in [-0.2, -0.15) is 0 Å². The second-order valence-corrected chi connectivity index (χ2v) is 8.23. The number of methoxy groups -OCH3 is 1. The Balaban J connectivity index is 1.99. The molecule has 0 spiro atoms. The van der Waals surface area contributed by atoms with Gasteiger partial charge < -0.3 is 24.8 Å². The van der Waals surface area contributed by atoms with Crippen LogP contribution in [0.4, 0.5) is 17.1 Å². The molecule has 1 atom stereocenters.